The first-order chi connectivity index (χ1) is 9.63. The molecule has 0 radical (unpaired) electrons. The molecule has 0 bridgehead atoms. The van der Waals surface area contributed by atoms with Gasteiger partial charge in [0.05, 0.1) is 11.5 Å². The molecule has 6 nitrogen and oxygen atoms in total. The van der Waals surface area contributed by atoms with Gasteiger partial charge >= 0.3 is 0 Å². The lowest BCUT2D eigenvalue weighted by molar-refractivity contribution is -0.385. The Morgan fingerprint density at radius 2 is 2.35 bits per heavy atom. The smallest absolute Gasteiger partial charge is 0.269 e. The van der Waals surface area contributed by atoms with E-state index in [1.165, 1.54) is 12.1 Å². The molecule has 1 fully saturated rings. The zero-order chi connectivity index (χ0) is 14.5. The molecule has 1 N–H and O–H groups in total. The number of nitro benzene ring substituents is 1. The zero-order valence-corrected chi connectivity index (χ0v) is 12.1. The normalized spacial score (nSPS) is 18.6. The van der Waals surface area contributed by atoms with Crippen molar-refractivity contribution in [2.75, 3.05) is 25.1 Å². The number of hydrogen-bond donors (Lipinski definition) is 1. The molecule has 1 unspecified atom stereocenters. The maximum absolute atomic E-state index is 11.9. The van der Waals surface area contributed by atoms with Crippen molar-refractivity contribution in [2.24, 2.45) is 0 Å². The number of amides is 1. The number of non-ortho nitro benzene ring substituents is 1. The van der Waals surface area contributed by atoms with E-state index in [1.807, 2.05) is 12.3 Å². The summed E-state index contributed by atoms with van der Waals surface area (Å²) in [5.74, 6) is 1.04. The minimum Gasteiger partial charge on any atom is -0.322 e. The number of rotatable bonds is 6. The molecule has 0 spiro atoms. The van der Waals surface area contributed by atoms with E-state index in [1.54, 1.807) is 22.7 Å². The predicted molar refractivity (Wildman–Crippen MR) is 78.6 cm³/mol. The molecule has 7 heteroatoms. The second kappa shape index (κ2) is 6.71. The van der Waals surface area contributed by atoms with Gasteiger partial charge in [-0.25, -0.2) is 0 Å². The summed E-state index contributed by atoms with van der Waals surface area (Å²) in [6, 6.07) is 6.44. The van der Waals surface area contributed by atoms with Crippen LogP contribution in [-0.4, -0.2) is 40.8 Å². The molecule has 0 aliphatic carbocycles. The maximum atomic E-state index is 11.9. The molecular formula is C13H17N3O3S. The van der Waals surface area contributed by atoms with Crippen molar-refractivity contribution in [2.45, 2.75) is 12.6 Å². The highest BCUT2D eigenvalue weighted by Gasteiger charge is 2.31. The Balaban J connectivity index is 2.15. The van der Waals surface area contributed by atoms with Gasteiger partial charge in [0.2, 0.25) is 5.91 Å². The molecule has 1 saturated heterocycles. The van der Waals surface area contributed by atoms with Crippen LogP contribution in [0.5, 0.6) is 0 Å². The van der Waals surface area contributed by atoms with Gasteiger partial charge in [-0.05, 0) is 24.0 Å². The molecule has 0 aromatic heterocycles. The third-order valence-corrected chi connectivity index (χ3v) is 3.92. The monoisotopic (exact) mass is 295 g/mol. The van der Waals surface area contributed by atoms with Gasteiger partial charge in [-0.3, -0.25) is 20.2 Å². The number of nitrogens with one attached hydrogen (secondary N) is 1. The molecule has 1 aliphatic heterocycles. The van der Waals surface area contributed by atoms with Crippen LogP contribution in [0.4, 0.5) is 5.69 Å². The van der Waals surface area contributed by atoms with Crippen LogP contribution >= 0.6 is 11.8 Å². The summed E-state index contributed by atoms with van der Waals surface area (Å²) >= 11 is 1.74. The van der Waals surface area contributed by atoms with Crippen molar-refractivity contribution in [1.82, 2.24) is 10.2 Å². The number of thioether (sulfide) groups is 1. The standard InChI is InChI=1S/C13H17N3O3S/c1-20-7-3-6-15-12(17)9-14-13(15)10-4-2-5-11(8-10)16(18)19/h2,4-5,8,13-14H,3,6-7,9H2,1H3. The van der Waals surface area contributed by atoms with Crippen LogP contribution in [0.3, 0.4) is 0 Å². The minimum atomic E-state index is -0.418. The third-order valence-electron chi connectivity index (χ3n) is 3.22. The van der Waals surface area contributed by atoms with Crippen molar-refractivity contribution in [3.8, 4) is 0 Å². The van der Waals surface area contributed by atoms with E-state index >= 15 is 0 Å². The van der Waals surface area contributed by atoms with Gasteiger partial charge in [0, 0.05) is 18.7 Å². The Hall–Kier alpha value is -1.60. The summed E-state index contributed by atoms with van der Waals surface area (Å²) in [5, 5.41) is 13.9. The summed E-state index contributed by atoms with van der Waals surface area (Å²) in [6.45, 7) is 0.951. The third kappa shape index (κ3) is 3.29. The Bertz CT molecular complexity index is 509. The highest BCUT2D eigenvalue weighted by atomic mass is 32.2. The van der Waals surface area contributed by atoms with Gasteiger partial charge in [0.1, 0.15) is 6.17 Å². The molecule has 1 aliphatic rings. The average Bonchev–Trinajstić information content (AvgIpc) is 2.81. The molecule has 108 valence electrons. The maximum Gasteiger partial charge on any atom is 0.269 e. The Labute approximate surface area is 121 Å². The quantitative estimate of drug-likeness (QED) is 0.492. The molecule has 1 heterocycles. The summed E-state index contributed by atoms with van der Waals surface area (Å²) in [5.41, 5.74) is 0.807. The van der Waals surface area contributed by atoms with E-state index in [9.17, 15) is 14.9 Å². The average molecular weight is 295 g/mol. The lowest BCUT2D eigenvalue weighted by Crippen LogP contribution is -2.31. The van der Waals surface area contributed by atoms with Crippen LogP contribution in [0, 0.1) is 10.1 Å². The number of nitrogens with zero attached hydrogens (tertiary/aromatic N) is 2. The fourth-order valence-electron chi connectivity index (χ4n) is 2.28. The van der Waals surface area contributed by atoms with Crippen LogP contribution in [0.15, 0.2) is 24.3 Å². The Kier molecular flexibility index (Phi) is 4.97. The first kappa shape index (κ1) is 14.8. The van der Waals surface area contributed by atoms with Gasteiger partial charge in [0.15, 0.2) is 0 Å². The SMILES string of the molecule is CSCCCN1C(=O)CNC1c1cccc([N+](=O)[O-])c1. The number of carbonyl (C=O) groups excluding carboxylic acids is 1. The van der Waals surface area contributed by atoms with Crippen LogP contribution in [0.25, 0.3) is 0 Å². The first-order valence-electron chi connectivity index (χ1n) is 6.39. The minimum absolute atomic E-state index is 0.0441. The Morgan fingerprint density at radius 3 is 3.05 bits per heavy atom. The van der Waals surface area contributed by atoms with Gasteiger partial charge in [-0.15, -0.1) is 0 Å². The molecule has 1 aromatic carbocycles. The summed E-state index contributed by atoms with van der Waals surface area (Å²) in [6.07, 6.45) is 2.69. The van der Waals surface area contributed by atoms with E-state index in [4.69, 9.17) is 0 Å². The van der Waals surface area contributed by atoms with Gasteiger partial charge in [0.25, 0.3) is 5.69 Å². The lowest BCUT2D eigenvalue weighted by Gasteiger charge is -2.24. The van der Waals surface area contributed by atoms with Gasteiger partial charge < -0.3 is 4.90 Å². The van der Waals surface area contributed by atoms with E-state index in [0.29, 0.717) is 6.54 Å². The molecular weight excluding hydrogens is 278 g/mol. The second-order valence-corrected chi connectivity index (χ2v) is 5.55. The largest absolute Gasteiger partial charge is 0.322 e. The van der Waals surface area contributed by atoms with Crippen molar-refractivity contribution in [1.29, 1.82) is 0 Å². The first-order valence-corrected chi connectivity index (χ1v) is 7.79. The number of nitro groups is 1. The fourth-order valence-corrected chi connectivity index (χ4v) is 2.70. The van der Waals surface area contributed by atoms with Crippen LogP contribution in [0.2, 0.25) is 0 Å². The Morgan fingerprint density at radius 1 is 1.55 bits per heavy atom. The molecule has 0 saturated carbocycles. The highest BCUT2D eigenvalue weighted by molar-refractivity contribution is 7.98. The van der Waals surface area contributed by atoms with E-state index in [-0.39, 0.29) is 24.3 Å². The topological polar surface area (TPSA) is 75.5 Å². The van der Waals surface area contributed by atoms with E-state index in [0.717, 1.165) is 17.7 Å². The molecule has 1 atom stereocenters. The fraction of sp³-hybridized carbons (Fsp3) is 0.462. The van der Waals surface area contributed by atoms with Crippen LogP contribution in [-0.2, 0) is 4.79 Å². The van der Waals surface area contributed by atoms with Crippen LogP contribution in [0.1, 0.15) is 18.2 Å². The highest BCUT2D eigenvalue weighted by Crippen LogP contribution is 2.25. The van der Waals surface area contributed by atoms with E-state index in [2.05, 4.69) is 5.32 Å². The number of carbonyl (C=O) groups is 1. The van der Waals surface area contributed by atoms with Crippen molar-refractivity contribution < 1.29 is 9.72 Å². The van der Waals surface area contributed by atoms with Crippen molar-refractivity contribution >= 4 is 23.4 Å². The second-order valence-electron chi connectivity index (χ2n) is 4.57. The molecule has 1 aromatic rings. The number of benzene rings is 1. The van der Waals surface area contributed by atoms with Crippen molar-refractivity contribution in [3.05, 3.63) is 39.9 Å². The predicted octanol–water partition coefficient (Wildman–Crippen LogP) is 1.78. The van der Waals surface area contributed by atoms with E-state index < -0.39 is 4.92 Å². The van der Waals surface area contributed by atoms with Crippen molar-refractivity contribution in [3.63, 3.8) is 0 Å². The summed E-state index contributed by atoms with van der Waals surface area (Å²) in [4.78, 5) is 24.1. The molecule has 1 amide bonds. The number of hydrogen-bond acceptors (Lipinski definition) is 5. The molecule has 20 heavy (non-hydrogen) atoms. The zero-order valence-electron chi connectivity index (χ0n) is 11.2. The van der Waals surface area contributed by atoms with Crippen LogP contribution < -0.4 is 5.32 Å². The summed E-state index contributed by atoms with van der Waals surface area (Å²) < 4.78 is 0. The molecule has 2 rings (SSSR count). The lowest BCUT2D eigenvalue weighted by atomic mass is 10.1. The van der Waals surface area contributed by atoms with Gasteiger partial charge in [-0.1, -0.05) is 12.1 Å². The summed E-state index contributed by atoms with van der Waals surface area (Å²) in [7, 11) is 0. The van der Waals surface area contributed by atoms with Gasteiger partial charge in [-0.2, -0.15) is 11.8 Å².